The van der Waals surface area contributed by atoms with Gasteiger partial charge in [-0.3, -0.25) is 0 Å². The molecule has 1 unspecified atom stereocenters. The highest BCUT2D eigenvalue weighted by Crippen LogP contribution is 2.33. The maximum atomic E-state index is 12.4. The molecule has 102 valence electrons. The first-order valence-corrected chi connectivity index (χ1v) is 6.62. The van der Waals surface area contributed by atoms with Gasteiger partial charge in [0.1, 0.15) is 5.54 Å². The van der Waals surface area contributed by atoms with Crippen LogP contribution in [-0.2, 0) is 4.79 Å². The van der Waals surface area contributed by atoms with Crippen LogP contribution >= 0.6 is 0 Å². The normalized spacial score (nSPS) is 28.5. The number of nitrogens with one attached hydrogen (secondary N) is 1. The smallest absolute Gasteiger partial charge is 0.329 e. The van der Waals surface area contributed by atoms with Crippen molar-refractivity contribution < 1.29 is 14.7 Å². The van der Waals surface area contributed by atoms with Gasteiger partial charge in [0.25, 0.3) is 0 Å². The Morgan fingerprint density at radius 3 is 2.50 bits per heavy atom. The molecule has 2 aliphatic heterocycles. The molecular formula is C12H21N3O3. The van der Waals surface area contributed by atoms with Crippen LogP contribution in [0.15, 0.2) is 0 Å². The summed E-state index contributed by atoms with van der Waals surface area (Å²) >= 11 is 0. The van der Waals surface area contributed by atoms with Crippen molar-refractivity contribution >= 4 is 12.0 Å². The minimum Gasteiger partial charge on any atom is -0.479 e. The number of carbonyl (C=O) groups excluding carboxylic acids is 1. The molecule has 2 aliphatic rings. The number of carboxylic acids is 1. The van der Waals surface area contributed by atoms with Crippen LogP contribution < -0.4 is 5.32 Å². The largest absolute Gasteiger partial charge is 0.479 e. The molecule has 0 bridgehead atoms. The molecule has 0 aliphatic carbocycles. The first-order chi connectivity index (χ1) is 8.62. The number of aliphatic carboxylic acids is 1. The van der Waals surface area contributed by atoms with Gasteiger partial charge in [-0.15, -0.1) is 0 Å². The second-order valence-corrected chi connectivity index (χ2v) is 4.97. The Balaban J connectivity index is 2.15. The molecule has 0 aromatic heterocycles. The van der Waals surface area contributed by atoms with E-state index in [0.29, 0.717) is 32.5 Å². The van der Waals surface area contributed by atoms with Gasteiger partial charge in [0.15, 0.2) is 0 Å². The van der Waals surface area contributed by atoms with E-state index < -0.39 is 11.5 Å². The van der Waals surface area contributed by atoms with Gasteiger partial charge < -0.3 is 20.2 Å². The summed E-state index contributed by atoms with van der Waals surface area (Å²) < 4.78 is 0. The van der Waals surface area contributed by atoms with E-state index in [0.717, 1.165) is 19.5 Å². The number of nitrogens with zero attached hydrogens (tertiary/aromatic N) is 2. The van der Waals surface area contributed by atoms with Crippen molar-refractivity contribution in [3.05, 3.63) is 0 Å². The molecule has 0 spiro atoms. The zero-order valence-corrected chi connectivity index (χ0v) is 10.8. The van der Waals surface area contributed by atoms with Crippen molar-refractivity contribution in [2.75, 3.05) is 32.7 Å². The number of amides is 2. The Hall–Kier alpha value is -1.30. The maximum absolute atomic E-state index is 12.4. The monoisotopic (exact) mass is 255 g/mol. The number of carbonyl (C=O) groups is 2. The van der Waals surface area contributed by atoms with Crippen molar-refractivity contribution in [3.8, 4) is 0 Å². The lowest BCUT2D eigenvalue weighted by Gasteiger charge is -2.38. The van der Waals surface area contributed by atoms with E-state index in [4.69, 9.17) is 0 Å². The third-order valence-corrected chi connectivity index (χ3v) is 4.09. The SMILES string of the molecule is CCC1(C(=O)O)CCCN1C(=O)N1CCNCC1. The van der Waals surface area contributed by atoms with Gasteiger partial charge in [0, 0.05) is 32.7 Å². The van der Waals surface area contributed by atoms with Gasteiger partial charge in [-0.1, -0.05) is 6.92 Å². The van der Waals surface area contributed by atoms with Gasteiger partial charge in [0.2, 0.25) is 0 Å². The summed E-state index contributed by atoms with van der Waals surface area (Å²) in [5, 5.41) is 12.6. The summed E-state index contributed by atoms with van der Waals surface area (Å²) in [7, 11) is 0. The van der Waals surface area contributed by atoms with E-state index in [9.17, 15) is 14.7 Å². The molecule has 2 N–H and O–H groups in total. The van der Waals surface area contributed by atoms with Gasteiger partial charge >= 0.3 is 12.0 Å². The minimum atomic E-state index is -0.984. The summed E-state index contributed by atoms with van der Waals surface area (Å²) in [5.41, 5.74) is -0.984. The Bertz CT molecular complexity index is 341. The number of hydrogen-bond donors (Lipinski definition) is 2. The van der Waals surface area contributed by atoms with Crippen LogP contribution in [0.3, 0.4) is 0 Å². The van der Waals surface area contributed by atoms with Gasteiger partial charge in [-0.2, -0.15) is 0 Å². The summed E-state index contributed by atoms with van der Waals surface area (Å²) in [6, 6.07) is -0.113. The second-order valence-electron chi connectivity index (χ2n) is 4.97. The van der Waals surface area contributed by atoms with Crippen LogP contribution in [0.25, 0.3) is 0 Å². The van der Waals surface area contributed by atoms with E-state index in [2.05, 4.69) is 5.32 Å². The van der Waals surface area contributed by atoms with Crippen LogP contribution in [0, 0.1) is 0 Å². The topological polar surface area (TPSA) is 72.9 Å². The van der Waals surface area contributed by atoms with Crippen molar-refractivity contribution in [1.82, 2.24) is 15.1 Å². The van der Waals surface area contributed by atoms with E-state index in [1.807, 2.05) is 6.92 Å². The zero-order valence-electron chi connectivity index (χ0n) is 10.8. The average Bonchev–Trinajstić information content (AvgIpc) is 2.84. The first-order valence-electron chi connectivity index (χ1n) is 6.62. The fourth-order valence-corrected chi connectivity index (χ4v) is 2.93. The lowest BCUT2D eigenvalue weighted by atomic mass is 9.93. The number of carboxylic acid groups (broad SMARTS) is 1. The number of likely N-dealkylation sites (tertiary alicyclic amines) is 1. The minimum absolute atomic E-state index is 0.113. The molecule has 2 fully saturated rings. The van der Waals surface area contributed by atoms with Crippen LogP contribution in [0.4, 0.5) is 4.79 Å². The van der Waals surface area contributed by atoms with Gasteiger partial charge in [0.05, 0.1) is 0 Å². The lowest BCUT2D eigenvalue weighted by Crippen LogP contribution is -2.59. The summed E-state index contributed by atoms with van der Waals surface area (Å²) in [4.78, 5) is 27.3. The van der Waals surface area contributed by atoms with Gasteiger partial charge in [-0.05, 0) is 19.3 Å². The molecule has 2 rings (SSSR count). The average molecular weight is 255 g/mol. The first kappa shape index (κ1) is 13.1. The summed E-state index contributed by atoms with van der Waals surface area (Å²) in [6.45, 7) is 5.29. The molecular weight excluding hydrogens is 234 g/mol. The second kappa shape index (κ2) is 5.14. The fraction of sp³-hybridized carbons (Fsp3) is 0.833. The van der Waals surface area contributed by atoms with Crippen molar-refractivity contribution in [1.29, 1.82) is 0 Å². The summed E-state index contributed by atoms with van der Waals surface area (Å²) in [5.74, 6) is -0.869. The van der Waals surface area contributed by atoms with Crippen LogP contribution in [0.1, 0.15) is 26.2 Å². The van der Waals surface area contributed by atoms with E-state index in [-0.39, 0.29) is 6.03 Å². The molecule has 1 atom stereocenters. The van der Waals surface area contributed by atoms with Gasteiger partial charge in [-0.25, -0.2) is 9.59 Å². The van der Waals surface area contributed by atoms with E-state index >= 15 is 0 Å². The molecule has 0 saturated carbocycles. The molecule has 2 amide bonds. The Morgan fingerprint density at radius 1 is 1.28 bits per heavy atom. The molecule has 0 aromatic carbocycles. The predicted octanol–water partition coefficient (Wildman–Crippen LogP) is 0.341. The van der Waals surface area contributed by atoms with Crippen molar-refractivity contribution in [2.24, 2.45) is 0 Å². The summed E-state index contributed by atoms with van der Waals surface area (Å²) in [6.07, 6.45) is 1.81. The van der Waals surface area contributed by atoms with Crippen LogP contribution in [0.5, 0.6) is 0 Å². The molecule has 0 radical (unpaired) electrons. The number of urea groups is 1. The molecule has 6 heteroatoms. The quantitative estimate of drug-likeness (QED) is 0.746. The highest BCUT2D eigenvalue weighted by molar-refractivity contribution is 5.87. The standard InChI is InChI=1S/C12H21N3O3/c1-2-12(10(16)17)4-3-7-15(12)11(18)14-8-5-13-6-9-14/h13H,2-9H2,1H3,(H,16,17). The van der Waals surface area contributed by atoms with Crippen LogP contribution in [-0.4, -0.2) is 65.2 Å². The molecule has 6 nitrogen and oxygen atoms in total. The molecule has 2 saturated heterocycles. The highest BCUT2D eigenvalue weighted by atomic mass is 16.4. The number of hydrogen-bond acceptors (Lipinski definition) is 3. The Labute approximate surface area is 107 Å². The Kier molecular flexibility index (Phi) is 3.75. The third kappa shape index (κ3) is 2.05. The van der Waals surface area contributed by atoms with Crippen LogP contribution in [0.2, 0.25) is 0 Å². The Morgan fingerprint density at radius 2 is 1.94 bits per heavy atom. The lowest BCUT2D eigenvalue weighted by molar-refractivity contribution is -0.148. The number of piperazine rings is 1. The van der Waals surface area contributed by atoms with Crippen molar-refractivity contribution in [3.63, 3.8) is 0 Å². The number of rotatable bonds is 2. The van der Waals surface area contributed by atoms with E-state index in [1.165, 1.54) is 0 Å². The zero-order chi connectivity index (χ0) is 13.2. The fourth-order valence-electron chi connectivity index (χ4n) is 2.93. The highest BCUT2D eigenvalue weighted by Gasteiger charge is 2.49. The predicted molar refractivity (Wildman–Crippen MR) is 66.4 cm³/mol. The van der Waals surface area contributed by atoms with Crippen molar-refractivity contribution in [2.45, 2.75) is 31.7 Å². The molecule has 18 heavy (non-hydrogen) atoms. The molecule has 2 heterocycles. The molecule has 0 aromatic rings. The third-order valence-electron chi connectivity index (χ3n) is 4.09. The van der Waals surface area contributed by atoms with E-state index in [1.54, 1.807) is 9.80 Å². The maximum Gasteiger partial charge on any atom is 0.329 e.